The van der Waals surface area contributed by atoms with Gasteiger partial charge in [0.25, 0.3) is 0 Å². The molecule has 0 aliphatic rings. The third kappa shape index (κ3) is 3.62. The highest BCUT2D eigenvalue weighted by atomic mass is 19.1. The number of rotatable bonds is 4. The Morgan fingerprint density at radius 2 is 1.78 bits per heavy atom. The summed E-state index contributed by atoms with van der Waals surface area (Å²) < 4.78 is 34.8. The number of hydrogen-bond donors (Lipinski definition) is 1. The van der Waals surface area contributed by atoms with Gasteiger partial charge in [-0.2, -0.15) is 0 Å². The van der Waals surface area contributed by atoms with Crippen molar-refractivity contribution in [2.24, 2.45) is 0 Å². The molecule has 8 heteroatoms. The third-order valence-corrected chi connectivity index (χ3v) is 5.01. The minimum atomic E-state index is -0.746. The lowest BCUT2D eigenvalue weighted by molar-refractivity contribution is 0.432. The fourth-order valence-electron chi connectivity index (χ4n) is 3.27. The number of phenols is 1. The Balaban J connectivity index is 1.47. The summed E-state index contributed by atoms with van der Waals surface area (Å²) in [4.78, 5) is 4.63. The summed E-state index contributed by atoms with van der Waals surface area (Å²) >= 11 is 0. The predicted molar refractivity (Wildman–Crippen MR) is 115 cm³/mol. The number of nitrogens with zero attached hydrogens (tertiary/aromatic N) is 4. The van der Waals surface area contributed by atoms with Gasteiger partial charge in [-0.15, -0.1) is 5.10 Å². The lowest BCUT2D eigenvalue weighted by Crippen LogP contribution is -1.95. The molecular weight excluding hydrogens is 414 g/mol. The van der Waals surface area contributed by atoms with Crippen molar-refractivity contribution in [2.45, 2.75) is 6.92 Å². The van der Waals surface area contributed by atoms with Crippen LogP contribution in [0.15, 0.2) is 72.9 Å². The van der Waals surface area contributed by atoms with Crippen LogP contribution in [0.2, 0.25) is 0 Å². The van der Waals surface area contributed by atoms with Crippen LogP contribution < -0.4 is 4.74 Å². The molecule has 5 rings (SSSR count). The maximum atomic E-state index is 13.9. The lowest BCUT2D eigenvalue weighted by Gasteiger charge is -2.10. The van der Waals surface area contributed by atoms with E-state index >= 15 is 0 Å². The van der Waals surface area contributed by atoms with E-state index in [9.17, 15) is 13.9 Å². The maximum Gasteiger partial charge on any atom is 0.166 e. The number of halogens is 2. The first-order valence-electron chi connectivity index (χ1n) is 9.73. The van der Waals surface area contributed by atoms with Gasteiger partial charge in [-0.1, -0.05) is 17.3 Å². The zero-order valence-electron chi connectivity index (χ0n) is 16.8. The molecule has 1 N–H and O–H groups in total. The van der Waals surface area contributed by atoms with E-state index in [1.807, 2.05) is 12.1 Å². The third-order valence-electron chi connectivity index (χ3n) is 5.01. The molecule has 0 atom stereocenters. The van der Waals surface area contributed by atoms with Gasteiger partial charge >= 0.3 is 0 Å². The van der Waals surface area contributed by atoms with Crippen LogP contribution in [0.5, 0.6) is 17.2 Å². The molecule has 6 nitrogen and oxygen atoms in total. The lowest BCUT2D eigenvalue weighted by atomic mass is 10.1. The molecule has 0 fully saturated rings. The second-order valence-electron chi connectivity index (χ2n) is 7.22. The first kappa shape index (κ1) is 19.6. The van der Waals surface area contributed by atoms with Crippen molar-refractivity contribution in [3.63, 3.8) is 0 Å². The average molecular weight is 430 g/mol. The molecule has 0 aliphatic carbocycles. The van der Waals surface area contributed by atoms with E-state index in [1.165, 1.54) is 28.9 Å². The van der Waals surface area contributed by atoms with Crippen molar-refractivity contribution >= 4 is 10.9 Å². The standard InChI is InChI=1S/C24H16F2N4O2/c1-14-5-7-16(12-18(14)25)32-24-4-2-3-20-17(24)8-9-21(27-20)22-13-30(29-28-22)15-6-10-23(31)19(26)11-15/h2-13,31H,1H3. The maximum absolute atomic E-state index is 13.9. The highest BCUT2D eigenvalue weighted by molar-refractivity contribution is 5.87. The van der Waals surface area contributed by atoms with Crippen LogP contribution in [0, 0.1) is 18.6 Å². The van der Waals surface area contributed by atoms with Gasteiger partial charge in [0.05, 0.1) is 23.1 Å². The molecular formula is C24H16F2N4O2. The molecule has 0 bridgehead atoms. The summed E-state index contributed by atoms with van der Waals surface area (Å²) in [7, 11) is 0. The highest BCUT2D eigenvalue weighted by Gasteiger charge is 2.12. The smallest absolute Gasteiger partial charge is 0.166 e. The second kappa shape index (κ2) is 7.73. The van der Waals surface area contributed by atoms with Gasteiger partial charge in [0.15, 0.2) is 11.6 Å². The van der Waals surface area contributed by atoms with E-state index in [1.54, 1.807) is 43.5 Å². The largest absolute Gasteiger partial charge is 0.505 e. The fraction of sp³-hybridized carbons (Fsp3) is 0.0417. The molecule has 0 saturated heterocycles. The Bertz CT molecular complexity index is 1470. The van der Waals surface area contributed by atoms with E-state index in [0.29, 0.717) is 39.7 Å². The first-order valence-corrected chi connectivity index (χ1v) is 9.73. The number of aryl methyl sites for hydroxylation is 1. The van der Waals surface area contributed by atoms with Crippen LogP contribution in [0.25, 0.3) is 28.0 Å². The van der Waals surface area contributed by atoms with E-state index in [-0.39, 0.29) is 5.82 Å². The Morgan fingerprint density at radius 1 is 0.906 bits per heavy atom. The van der Waals surface area contributed by atoms with Crippen molar-refractivity contribution in [3.05, 3.63) is 90.1 Å². The van der Waals surface area contributed by atoms with E-state index in [0.717, 1.165) is 5.39 Å². The monoisotopic (exact) mass is 430 g/mol. The number of ether oxygens (including phenoxy) is 1. The summed E-state index contributed by atoms with van der Waals surface area (Å²) in [5.41, 5.74) is 2.69. The minimum absolute atomic E-state index is 0.334. The molecule has 0 aliphatic heterocycles. The fourth-order valence-corrected chi connectivity index (χ4v) is 3.27. The topological polar surface area (TPSA) is 73.1 Å². The molecule has 158 valence electrons. The minimum Gasteiger partial charge on any atom is -0.505 e. The van der Waals surface area contributed by atoms with Crippen molar-refractivity contribution < 1.29 is 18.6 Å². The molecule has 0 amide bonds. The number of pyridine rings is 1. The number of fused-ring (bicyclic) bond motifs is 1. The Kier molecular flexibility index (Phi) is 4.74. The van der Waals surface area contributed by atoms with Gasteiger partial charge < -0.3 is 9.84 Å². The SMILES string of the molecule is Cc1ccc(Oc2cccc3nc(-c4cn(-c5ccc(O)c(F)c5)nn4)ccc23)cc1F. The predicted octanol–water partition coefficient (Wildman–Crippen LogP) is 5.57. The quantitative estimate of drug-likeness (QED) is 0.404. The van der Waals surface area contributed by atoms with Crippen molar-refractivity contribution in [1.29, 1.82) is 0 Å². The normalized spacial score (nSPS) is 11.1. The van der Waals surface area contributed by atoms with Gasteiger partial charge in [-0.3, -0.25) is 0 Å². The highest BCUT2D eigenvalue weighted by Crippen LogP contribution is 2.31. The second-order valence-corrected chi connectivity index (χ2v) is 7.22. The summed E-state index contributed by atoms with van der Waals surface area (Å²) in [5.74, 6) is -0.567. The molecule has 0 unspecified atom stereocenters. The van der Waals surface area contributed by atoms with E-state index < -0.39 is 11.6 Å². The van der Waals surface area contributed by atoms with Crippen LogP contribution >= 0.6 is 0 Å². The number of hydrogen-bond acceptors (Lipinski definition) is 5. The molecule has 3 aromatic carbocycles. The average Bonchev–Trinajstić information content (AvgIpc) is 3.28. The summed E-state index contributed by atoms with van der Waals surface area (Å²) in [5, 5.41) is 18.3. The van der Waals surface area contributed by atoms with Crippen LogP contribution in [0.1, 0.15) is 5.56 Å². The van der Waals surface area contributed by atoms with Gasteiger partial charge in [-0.05, 0) is 55.0 Å². The van der Waals surface area contributed by atoms with E-state index in [2.05, 4.69) is 15.3 Å². The van der Waals surface area contributed by atoms with Gasteiger partial charge in [-0.25, -0.2) is 18.4 Å². The summed E-state index contributed by atoms with van der Waals surface area (Å²) in [6.45, 7) is 1.69. The van der Waals surface area contributed by atoms with Gasteiger partial charge in [0.1, 0.15) is 23.0 Å². The zero-order valence-corrected chi connectivity index (χ0v) is 16.8. The van der Waals surface area contributed by atoms with Gasteiger partial charge in [0.2, 0.25) is 0 Å². The Labute approximate surface area is 181 Å². The number of aromatic hydroxyl groups is 1. The van der Waals surface area contributed by atoms with E-state index in [4.69, 9.17) is 4.74 Å². The number of aromatic nitrogens is 4. The molecule has 0 spiro atoms. The molecule has 32 heavy (non-hydrogen) atoms. The molecule has 5 aromatic rings. The van der Waals surface area contributed by atoms with Crippen LogP contribution in [-0.2, 0) is 0 Å². The Hall–Kier alpha value is -4.33. The van der Waals surface area contributed by atoms with Crippen molar-refractivity contribution in [3.8, 4) is 34.3 Å². The molecule has 0 saturated carbocycles. The summed E-state index contributed by atoms with van der Waals surface area (Å²) in [6, 6.07) is 17.7. The number of phenolic OH excluding ortho intramolecular Hbond substituents is 1. The van der Waals surface area contributed by atoms with Gasteiger partial charge in [0, 0.05) is 17.5 Å². The zero-order chi connectivity index (χ0) is 22.2. The van der Waals surface area contributed by atoms with Crippen LogP contribution in [0.4, 0.5) is 8.78 Å². The molecule has 2 heterocycles. The summed E-state index contributed by atoms with van der Waals surface area (Å²) in [6.07, 6.45) is 1.62. The molecule has 2 aromatic heterocycles. The van der Waals surface area contributed by atoms with Crippen LogP contribution in [-0.4, -0.2) is 25.1 Å². The Morgan fingerprint density at radius 3 is 2.59 bits per heavy atom. The van der Waals surface area contributed by atoms with Crippen molar-refractivity contribution in [1.82, 2.24) is 20.0 Å². The van der Waals surface area contributed by atoms with Crippen molar-refractivity contribution in [2.75, 3.05) is 0 Å². The number of benzene rings is 3. The molecule has 0 radical (unpaired) electrons. The van der Waals surface area contributed by atoms with Crippen LogP contribution in [0.3, 0.4) is 0 Å². The first-order chi connectivity index (χ1) is 15.5.